The van der Waals surface area contributed by atoms with Gasteiger partial charge >= 0.3 is 0 Å². The Balaban J connectivity index is 1.81. The van der Waals surface area contributed by atoms with Crippen molar-refractivity contribution in [3.05, 3.63) is 34.7 Å². The lowest BCUT2D eigenvalue weighted by Crippen LogP contribution is -2.15. The van der Waals surface area contributed by atoms with Crippen LogP contribution in [0.5, 0.6) is 0 Å². The van der Waals surface area contributed by atoms with E-state index in [2.05, 4.69) is 36.5 Å². The molecule has 1 aromatic heterocycles. The van der Waals surface area contributed by atoms with Crippen LogP contribution in [0.15, 0.2) is 24.3 Å². The topological polar surface area (TPSA) is 21.3 Å². The quantitative estimate of drug-likeness (QED) is 0.769. The maximum Gasteiger partial charge on any atom is 0.0734 e. The van der Waals surface area contributed by atoms with E-state index in [-0.39, 0.29) is 0 Å². The van der Waals surface area contributed by atoms with Crippen LogP contribution in [0.25, 0.3) is 10.1 Å². The number of ether oxygens (including phenoxy) is 1. The molecule has 0 aliphatic heterocycles. The molecule has 19 heavy (non-hydrogen) atoms. The van der Waals surface area contributed by atoms with Crippen LogP contribution in [0.4, 0.5) is 0 Å². The van der Waals surface area contributed by atoms with Crippen molar-refractivity contribution in [1.82, 2.24) is 5.32 Å². The Morgan fingerprint density at radius 2 is 2.16 bits per heavy atom. The standard InChI is InChI=1S/C16H21NOS/c1-2-9-18-11-14-13-5-3-4-6-15(13)19-16(14)10-17-12-7-8-12/h3-6,12,17H,2,7-11H2,1H3. The monoisotopic (exact) mass is 275 g/mol. The number of hydrogen-bond acceptors (Lipinski definition) is 3. The van der Waals surface area contributed by atoms with Crippen molar-refractivity contribution >= 4 is 21.4 Å². The number of hydrogen-bond donors (Lipinski definition) is 1. The zero-order chi connectivity index (χ0) is 13.1. The molecule has 0 atom stereocenters. The Hall–Kier alpha value is -0.900. The van der Waals surface area contributed by atoms with Crippen LogP contribution in [-0.2, 0) is 17.9 Å². The normalized spacial score (nSPS) is 15.2. The minimum absolute atomic E-state index is 0.750. The van der Waals surface area contributed by atoms with Crippen LogP contribution < -0.4 is 5.32 Å². The lowest BCUT2D eigenvalue weighted by molar-refractivity contribution is 0.122. The zero-order valence-electron chi connectivity index (χ0n) is 11.4. The van der Waals surface area contributed by atoms with Crippen LogP contribution in [-0.4, -0.2) is 12.6 Å². The first kappa shape index (κ1) is 13.1. The van der Waals surface area contributed by atoms with Crippen LogP contribution in [0.1, 0.15) is 36.6 Å². The second kappa shape index (κ2) is 6.04. The summed E-state index contributed by atoms with van der Waals surface area (Å²) < 4.78 is 7.16. The molecule has 1 aliphatic rings. The van der Waals surface area contributed by atoms with E-state index in [1.807, 2.05) is 11.3 Å². The van der Waals surface area contributed by atoms with Gasteiger partial charge in [0.1, 0.15) is 0 Å². The van der Waals surface area contributed by atoms with Crippen molar-refractivity contribution < 1.29 is 4.74 Å². The third-order valence-electron chi connectivity index (χ3n) is 3.51. The molecule has 1 aliphatic carbocycles. The van der Waals surface area contributed by atoms with Crippen molar-refractivity contribution in [3.63, 3.8) is 0 Å². The minimum Gasteiger partial charge on any atom is -0.377 e. The summed E-state index contributed by atoms with van der Waals surface area (Å²) in [7, 11) is 0. The molecular formula is C16H21NOS. The predicted molar refractivity (Wildman–Crippen MR) is 81.6 cm³/mol. The fraction of sp³-hybridized carbons (Fsp3) is 0.500. The molecule has 102 valence electrons. The first-order valence-electron chi connectivity index (χ1n) is 7.19. The van der Waals surface area contributed by atoms with Crippen molar-refractivity contribution in [2.24, 2.45) is 0 Å². The highest BCUT2D eigenvalue weighted by Crippen LogP contribution is 2.32. The summed E-state index contributed by atoms with van der Waals surface area (Å²) in [5.74, 6) is 0. The van der Waals surface area contributed by atoms with Gasteiger partial charge in [-0.3, -0.25) is 0 Å². The van der Waals surface area contributed by atoms with Crippen LogP contribution >= 0.6 is 11.3 Å². The maximum absolute atomic E-state index is 5.78. The van der Waals surface area contributed by atoms with Gasteiger partial charge in [0.05, 0.1) is 6.61 Å². The minimum atomic E-state index is 0.750. The largest absolute Gasteiger partial charge is 0.377 e. The molecule has 3 heteroatoms. The van der Waals surface area contributed by atoms with Gasteiger partial charge in [0.2, 0.25) is 0 Å². The molecule has 1 fully saturated rings. The smallest absolute Gasteiger partial charge is 0.0734 e. The van der Waals surface area contributed by atoms with Crippen LogP contribution in [0.3, 0.4) is 0 Å². The van der Waals surface area contributed by atoms with Gasteiger partial charge in [-0.25, -0.2) is 0 Å². The molecular weight excluding hydrogens is 254 g/mol. The van der Waals surface area contributed by atoms with E-state index < -0.39 is 0 Å². The highest BCUT2D eigenvalue weighted by Gasteiger charge is 2.21. The van der Waals surface area contributed by atoms with Gasteiger partial charge in [-0.1, -0.05) is 25.1 Å². The molecule has 3 rings (SSSR count). The van der Waals surface area contributed by atoms with Crippen molar-refractivity contribution in [1.29, 1.82) is 0 Å². The van der Waals surface area contributed by atoms with E-state index in [1.54, 1.807) is 0 Å². The summed E-state index contributed by atoms with van der Waals surface area (Å²) in [6, 6.07) is 9.43. The summed E-state index contributed by atoms with van der Waals surface area (Å²) in [5.41, 5.74) is 1.39. The predicted octanol–water partition coefficient (Wildman–Crippen LogP) is 4.08. The van der Waals surface area contributed by atoms with Gasteiger partial charge in [-0.2, -0.15) is 0 Å². The third-order valence-corrected chi connectivity index (χ3v) is 4.72. The Morgan fingerprint density at radius 3 is 2.95 bits per heavy atom. The molecule has 1 heterocycles. The van der Waals surface area contributed by atoms with Gasteiger partial charge in [0.25, 0.3) is 0 Å². The van der Waals surface area contributed by atoms with Crippen molar-refractivity contribution in [3.8, 4) is 0 Å². The van der Waals surface area contributed by atoms with E-state index in [4.69, 9.17) is 4.74 Å². The zero-order valence-corrected chi connectivity index (χ0v) is 12.3. The van der Waals surface area contributed by atoms with Crippen LogP contribution in [0, 0.1) is 0 Å². The van der Waals surface area contributed by atoms with Crippen molar-refractivity contribution in [2.45, 2.75) is 45.4 Å². The van der Waals surface area contributed by atoms with Gasteiger partial charge in [-0.15, -0.1) is 11.3 Å². The molecule has 2 nitrogen and oxygen atoms in total. The fourth-order valence-corrected chi connectivity index (χ4v) is 3.45. The average Bonchev–Trinajstić information content (AvgIpc) is 3.20. The van der Waals surface area contributed by atoms with Gasteiger partial charge < -0.3 is 10.1 Å². The van der Waals surface area contributed by atoms with E-state index in [0.29, 0.717) is 0 Å². The molecule has 1 saturated carbocycles. The summed E-state index contributed by atoms with van der Waals surface area (Å²) in [5, 5.41) is 4.99. The summed E-state index contributed by atoms with van der Waals surface area (Å²) in [6.07, 6.45) is 3.76. The van der Waals surface area contributed by atoms with Gasteiger partial charge in [0, 0.05) is 34.3 Å². The molecule has 0 bridgehead atoms. The van der Waals surface area contributed by atoms with E-state index in [0.717, 1.165) is 32.2 Å². The van der Waals surface area contributed by atoms with Gasteiger partial charge in [0.15, 0.2) is 0 Å². The third kappa shape index (κ3) is 3.16. The lowest BCUT2D eigenvalue weighted by Gasteiger charge is -2.06. The molecule has 1 aromatic carbocycles. The van der Waals surface area contributed by atoms with E-state index in [1.165, 1.54) is 33.4 Å². The Labute approximate surface area is 118 Å². The molecule has 2 aromatic rings. The number of thiophene rings is 1. The first-order chi connectivity index (χ1) is 9.38. The number of fused-ring (bicyclic) bond motifs is 1. The van der Waals surface area contributed by atoms with Gasteiger partial charge in [-0.05, 0) is 30.7 Å². The second-order valence-corrected chi connectivity index (χ2v) is 6.34. The molecule has 0 radical (unpaired) electrons. The van der Waals surface area contributed by atoms with Crippen LogP contribution in [0.2, 0.25) is 0 Å². The maximum atomic E-state index is 5.78. The fourth-order valence-electron chi connectivity index (χ4n) is 2.29. The lowest BCUT2D eigenvalue weighted by atomic mass is 10.1. The molecule has 1 N–H and O–H groups in total. The number of rotatable bonds is 7. The Morgan fingerprint density at radius 1 is 1.32 bits per heavy atom. The number of benzene rings is 1. The summed E-state index contributed by atoms with van der Waals surface area (Å²) >= 11 is 1.91. The average molecular weight is 275 g/mol. The summed E-state index contributed by atoms with van der Waals surface area (Å²) in [6.45, 7) is 4.75. The molecule has 0 unspecified atom stereocenters. The number of nitrogens with one attached hydrogen (secondary N) is 1. The molecule has 0 spiro atoms. The van der Waals surface area contributed by atoms with E-state index >= 15 is 0 Å². The van der Waals surface area contributed by atoms with E-state index in [9.17, 15) is 0 Å². The highest BCUT2D eigenvalue weighted by atomic mass is 32.1. The summed E-state index contributed by atoms with van der Waals surface area (Å²) in [4.78, 5) is 1.45. The molecule has 0 amide bonds. The van der Waals surface area contributed by atoms with Crippen molar-refractivity contribution in [2.75, 3.05) is 6.61 Å². The second-order valence-electron chi connectivity index (χ2n) is 5.21. The highest BCUT2D eigenvalue weighted by molar-refractivity contribution is 7.19. The Kier molecular flexibility index (Phi) is 4.16. The Bertz CT molecular complexity index is 545. The molecule has 0 saturated heterocycles. The SMILES string of the molecule is CCCOCc1c(CNC2CC2)sc2ccccc12. The first-order valence-corrected chi connectivity index (χ1v) is 8.00.